The molecule has 0 spiro atoms. The van der Waals surface area contributed by atoms with E-state index in [4.69, 9.17) is 0 Å². The molecule has 0 atom stereocenters. The number of H-pyrrole nitrogens is 1. The van der Waals surface area contributed by atoms with E-state index in [1.54, 1.807) is 10.8 Å². The van der Waals surface area contributed by atoms with E-state index in [0.717, 1.165) is 28.4 Å². The van der Waals surface area contributed by atoms with E-state index in [2.05, 4.69) is 16.3 Å². The Hall–Kier alpha value is -3.80. The number of halogens is 3. The molecular formula is C25H21F3N4O2. The summed E-state index contributed by atoms with van der Waals surface area (Å²) in [5.74, 6) is -3.94. The predicted octanol–water partition coefficient (Wildman–Crippen LogP) is 5.65. The quantitative estimate of drug-likeness (QED) is 0.398. The summed E-state index contributed by atoms with van der Waals surface area (Å²) in [6, 6.07) is 9.46. The molecule has 9 heteroatoms. The van der Waals surface area contributed by atoms with E-state index in [9.17, 15) is 28.3 Å². The lowest BCUT2D eigenvalue weighted by Gasteiger charge is -2.40. The zero-order valence-corrected chi connectivity index (χ0v) is 18.5. The highest BCUT2D eigenvalue weighted by molar-refractivity contribution is 5.99. The van der Waals surface area contributed by atoms with Crippen LogP contribution < -0.4 is 0 Å². The first-order chi connectivity index (χ1) is 16.1. The van der Waals surface area contributed by atoms with Crippen molar-refractivity contribution < 1.29 is 23.1 Å². The van der Waals surface area contributed by atoms with Crippen molar-refractivity contribution in [1.82, 2.24) is 14.8 Å². The second-order valence-corrected chi connectivity index (χ2v) is 9.62. The van der Waals surface area contributed by atoms with Gasteiger partial charge in [0.05, 0.1) is 23.3 Å². The number of nitrogens with zero attached hydrogens (tertiary/aromatic N) is 3. The molecule has 1 aliphatic rings. The maximum Gasteiger partial charge on any atom is 0.341 e. The molecule has 0 amide bonds. The SMILES string of the molecule is CC(C)(CC#N)c1c([C@H]2C[C@](F)(C(=O)O)C2)c2cc3[nH]ncc3cc2n1-c1ccc(F)c(F)c1. The highest BCUT2D eigenvalue weighted by Gasteiger charge is 2.53. The number of aromatic nitrogens is 3. The summed E-state index contributed by atoms with van der Waals surface area (Å²) in [6.07, 6.45) is 1.31. The zero-order valence-electron chi connectivity index (χ0n) is 18.5. The second kappa shape index (κ2) is 7.35. The van der Waals surface area contributed by atoms with Crippen molar-refractivity contribution in [2.45, 2.75) is 50.1 Å². The second-order valence-electron chi connectivity index (χ2n) is 9.62. The topological polar surface area (TPSA) is 94.7 Å². The molecule has 2 N–H and O–H groups in total. The van der Waals surface area contributed by atoms with Gasteiger partial charge in [-0.1, -0.05) is 13.8 Å². The van der Waals surface area contributed by atoms with Crippen LogP contribution >= 0.6 is 0 Å². The Balaban J connectivity index is 1.87. The number of carbonyl (C=O) groups is 1. The summed E-state index contributed by atoms with van der Waals surface area (Å²) in [7, 11) is 0. The number of fused-ring (bicyclic) bond motifs is 2. The van der Waals surface area contributed by atoms with E-state index >= 15 is 0 Å². The molecule has 6 nitrogen and oxygen atoms in total. The third-order valence-corrected chi connectivity index (χ3v) is 6.82. The molecule has 0 radical (unpaired) electrons. The Morgan fingerprint density at radius 2 is 2.03 bits per heavy atom. The van der Waals surface area contributed by atoms with Gasteiger partial charge in [0.2, 0.25) is 5.67 Å². The van der Waals surface area contributed by atoms with Gasteiger partial charge in [-0.05, 0) is 48.6 Å². The van der Waals surface area contributed by atoms with Crippen LogP contribution in [-0.2, 0) is 10.2 Å². The number of aliphatic carboxylic acids is 1. The Bertz CT molecular complexity index is 1510. The zero-order chi connectivity index (χ0) is 24.4. The molecule has 4 aromatic rings. The molecule has 0 unspecified atom stereocenters. The first-order valence-electron chi connectivity index (χ1n) is 10.8. The first-order valence-corrected chi connectivity index (χ1v) is 10.8. The summed E-state index contributed by atoms with van der Waals surface area (Å²) in [5.41, 5.74) is 0.00255. The number of benzene rings is 2. The first kappa shape index (κ1) is 22.0. The number of carboxylic acid groups (broad SMARTS) is 1. The lowest BCUT2D eigenvalue weighted by Crippen LogP contribution is -2.46. The molecule has 1 aliphatic carbocycles. The summed E-state index contributed by atoms with van der Waals surface area (Å²) < 4.78 is 44.7. The van der Waals surface area contributed by atoms with Crippen molar-refractivity contribution in [2.24, 2.45) is 0 Å². The molecule has 0 aliphatic heterocycles. The van der Waals surface area contributed by atoms with Gasteiger partial charge < -0.3 is 9.67 Å². The van der Waals surface area contributed by atoms with Crippen LogP contribution in [0.3, 0.4) is 0 Å². The lowest BCUT2D eigenvalue weighted by atomic mass is 9.66. The smallest absolute Gasteiger partial charge is 0.341 e. The van der Waals surface area contributed by atoms with Crippen molar-refractivity contribution >= 4 is 27.8 Å². The fourth-order valence-corrected chi connectivity index (χ4v) is 5.10. The standard InChI is InChI=1S/C25H21F3N4O2/c1-24(2,5-6-29)22-21(14-10-25(28,11-14)23(33)34)16-9-19-13(12-30-31-19)7-20(16)32(22)15-3-4-17(26)18(27)8-15/h3-4,7-9,12,14H,5,10-11H2,1-2H3,(H,30,31)(H,33,34)/t14-,25+. The van der Waals surface area contributed by atoms with Gasteiger partial charge in [-0.15, -0.1) is 0 Å². The van der Waals surface area contributed by atoms with E-state index in [-0.39, 0.29) is 19.3 Å². The van der Waals surface area contributed by atoms with Crippen LogP contribution in [0.1, 0.15) is 50.3 Å². The molecule has 2 heterocycles. The van der Waals surface area contributed by atoms with Gasteiger partial charge >= 0.3 is 5.97 Å². The van der Waals surface area contributed by atoms with Crippen molar-refractivity contribution in [3.8, 4) is 11.8 Å². The van der Waals surface area contributed by atoms with E-state index < -0.39 is 34.6 Å². The van der Waals surface area contributed by atoms with Crippen LogP contribution in [0.4, 0.5) is 13.2 Å². The van der Waals surface area contributed by atoms with Crippen LogP contribution in [0.15, 0.2) is 36.5 Å². The fraction of sp³-hybridized carbons (Fsp3) is 0.320. The largest absolute Gasteiger partial charge is 0.479 e. The lowest BCUT2D eigenvalue weighted by molar-refractivity contribution is -0.158. The molecule has 1 saturated carbocycles. The maximum absolute atomic E-state index is 14.8. The number of hydrogen-bond acceptors (Lipinski definition) is 3. The number of carboxylic acids is 1. The van der Waals surface area contributed by atoms with Gasteiger partial charge in [0, 0.05) is 40.1 Å². The number of aromatic amines is 1. The van der Waals surface area contributed by atoms with Crippen LogP contribution in [0.25, 0.3) is 27.5 Å². The molecular weight excluding hydrogens is 445 g/mol. The van der Waals surface area contributed by atoms with Crippen LogP contribution in [0.5, 0.6) is 0 Å². The summed E-state index contributed by atoms with van der Waals surface area (Å²) in [5, 5.41) is 27.3. The van der Waals surface area contributed by atoms with Gasteiger partial charge in [0.25, 0.3) is 0 Å². The monoisotopic (exact) mass is 466 g/mol. The van der Waals surface area contributed by atoms with Gasteiger partial charge in [-0.3, -0.25) is 5.10 Å². The van der Waals surface area contributed by atoms with Crippen molar-refractivity contribution in [3.63, 3.8) is 0 Å². The Kier molecular flexibility index (Phi) is 4.76. The van der Waals surface area contributed by atoms with Gasteiger partial charge in [-0.25, -0.2) is 18.0 Å². The molecule has 0 saturated heterocycles. The molecule has 1 fully saturated rings. The van der Waals surface area contributed by atoms with Crippen molar-refractivity contribution in [1.29, 1.82) is 5.26 Å². The predicted molar refractivity (Wildman–Crippen MR) is 120 cm³/mol. The maximum atomic E-state index is 14.8. The molecule has 174 valence electrons. The van der Waals surface area contributed by atoms with Crippen LogP contribution in [-0.4, -0.2) is 31.5 Å². The molecule has 2 aromatic carbocycles. The average molecular weight is 466 g/mol. The number of nitrogens with one attached hydrogen (secondary N) is 1. The highest BCUT2D eigenvalue weighted by Crippen LogP contribution is 2.53. The third kappa shape index (κ3) is 3.16. The summed E-state index contributed by atoms with van der Waals surface area (Å²) in [6.45, 7) is 3.71. The Labute approximate surface area is 192 Å². The Morgan fingerprint density at radius 3 is 2.68 bits per heavy atom. The van der Waals surface area contributed by atoms with Crippen molar-refractivity contribution in [3.05, 3.63) is 59.4 Å². The Morgan fingerprint density at radius 1 is 1.29 bits per heavy atom. The van der Waals surface area contributed by atoms with Gasteiger partial charge in [-0.2, -0.15) is 10.4 Å². The van der Waals surface area contributed by atoms with Gasteiger partial charge in [0.1, 0.15) is 0 Å². The molecule has 2 aromatic heterocycles. The highest BCUT2D eigenvalue weighted by atomic mass is 19.2. The normalized spacial score (nSPS) is 20.4. The van der Waals surface area contributed by atoms with E-state index in [1.807, 2.05) is 26.0 Å². The fourth-order valence-electron chi connectivity index (χ4n) is 5.10. The van der Waals surface area contributed by atoms with Gasteiger partial charge in [0.15, 0.2) is 11.6 Å². The van der Waals surface area contributed by atoms with Crippen molar-refractivity contribution in [2.75, 3.05) is 0 Å². The number of hydrogen-bond donors (Lipinski definition) is 2. The van der Waals surface area contributed by atoms with E-state index in [1.165, 1.54) is 6.07 Å². The molecule has 34 heavy (non-hydrogen) atoms. The molecule has 0 bridgehead atoms. The van der Waals surface area contributed by atoms with Crippen LogP contribution in [0, 0.1) is 23.0 Å². The van der Waals surface area contributed by atoms with Crippen LogP contribution in [0.2, 0.25) is 0 Å². The average Bonchev–Trinajstić information content (AvgIpc) is 3.33. The number of rotatable bonds is 5. The number of nitriles is 1. The third-order valence-electron chi connectivity index (χ3n) is 6.82. The molecule has 5 rings (SSSR count). The number of alkyl halides is 1. The minimum Gasteiger partial charge on any atom is -0.479 e. The minimum absolute atomic E-state index is 0.103. The van der Waals surface area contributed by atoms with E-state index in [0.29, 0.717) is 22.5 Å². The minimum atomic E-state index is -2.32. The summed E-state index contributed by atoms with van der Waals surface area (Å²) >= 11 is 0. The summed E-state index contributed by atoms with van der Waals surface area (Å²) in [4.78, 5) is 11.5.